The zero-order valence-corrected chi connectivity index (χ0v) is 23.7. The van der Waals surface area contributed by atoms with Crippen molar-refractivity contribution in [1.82, 2.24) is 4.57 Å². The van der Waals surface area contributed by atoms with Crippen molar-refractivity contribution in [2.75, 3.05) is 0 Å². The first-order chi connectivity index (χ1) is 16.9. The van der Waals surface area contributed by atoms with Gasteiger partial charge < -0.3 is 0 Å². The molecule has 1 aromatic heterocycles. The van der Waals surface area contributed by atoms with Gasteiger partial charge in [-0.25, -0.2) is 9.13 Å². The molecule has 34 heavy (non-hydrogen) atoms. The van der Waals surface area contributed by atoms with Crippen LogP contribution < -0.4 is 4.57 Å². The van der Waals surface area contributed by atoms with Gasteiger partial charge in [-0.2, -0.15) is 0 Å². The number of imidazole rings is 1. The lowest BCUT2D eigenvalue weighted by Gasteiger charge is -2.03. The molecular formula is C32H63N2+. The maximum absolute atomic E-state index is 2.40. The number of hydrogen-bond donors (Lipinski definition) is 0. The van der Waals surface area contributed by atoms with E-state index >= 15 is 0 Å². The molecule has 1 aromatic rings. The van der Waals surface area contributed by atoms with E-state index in [1.165, 1.54) is 174 Å². The molecule has 0 radical (unpaired) electrons. The molecule has 0 saturated heterocycles. The van der Waals surface area contributed by atoms with Crippen LogP contribution in [0.3, 0.4) is 0 Å². The molecule has 0 unspecified atom stereocenters. The zero-order chi connectivity index (χ0) is 24.4. The third kappa shape index (κ3) is 20.6. The summed E-state index contributed by atoms with van der Waals surface area (Å²) in [4.78, 5) is 0. The predicted molar refractivity (Wildman–Crippen MR) is 151 cm³/mol. The van der Waals surface area contributed by atoms with Gasteiger partial charge in [0, 0.05) is 0 Å². The summed E-state index contributed by atoms with van der Waals surface area (Å²) < 4.78 is 4.80. The minimum absolute atomic E-state index is 1.20. The fourth-order valence-electron chi connectivity index (χ4n) is 5.15. The summed E-state index contributed by atoms with van der Waals surface area (Å²) in [5.41, 5.74) is 0. The lowest BCUT2D eigenvalue weighted by Crippen LogP contribution is -2.30. The number of aromatic nitrogens is 2. The van der Waals surface area contributed by atoms with Crippen molar-refractivity contribution in [2.24, 2.45) is 0 Å². The Kier molecular flexibility index (Phi) is 23.3. The van der Waals surface area contributed by atoms with Gasteiger partial charge in [-0.05, 0) is 25.7 Å². The topological polar surface area (TPSA) is 8.81 Å². The molecule has 0 aliphatic heterocycles. The molecule has 0 atom stereocenters. The molecule has 0 aliphatic rings. The summed E-state index contributed by atoms with van der Waals surface area (Å²) >= 11 is 0. The van der Waals surface area contributed by atoms with E-state index < -0.39 is 0 Å². The summed E-state index contributed by atoms with van der Waals surface area (Å²) in [6, 6.07) is 0. The van der Waals surface area contributed by atoms with Crippen molar-refractivity contribution in [3.8, 4) is 0 Å². The Balaban J connectivity index is 1.81. The molecule has 1 heterocycles. The van der Waals surface area contributed by atoms with Crippen LogP contribution >= 0.6 is 0 Å². The van der Waals surface area contributed by atoms with E-state index in [-0.39, 0.29) is 0 Å². The zero-order valence-electron chi connectivity index (χ0n) is 23.7. The average molecular weight is 476 g/mol. The van der Waals surface area contributed by atoms with Crippen LogP contribution in [0.15, 0.2) is 18.7 Å². The van der Waals surface area contributed by atoms with Crippen molar-refractivity contribution >= 4 is 0 Å². The van der Waals surface area contributed by atoms with Gasteiger partial charge >= 0.3 is 0 Å². The van der Waals surface area contributed by atoms with E-state index in [0.29, 0.717) is 0 Å². The van der Waals surface area contributed by atoms with Gasteiger partial charge in [-0.3, -0.25) is 0 Å². The van der Waals surface area contributed by atoms with Gasteiger partial charge in [-0.15, -0.1) is 0 Å². The third-order valence-electron chi connectivity index (χ3n) is 7.54. The number of aryl methyl sites for hydroxylation is 2. The highest BCUT2D eigenvalue weighted by Crippen LogP contribution is 2.14. The Morgan fingerprint density at radius 3 is 1.21 bits per heavy atom. The fourth-order valence-corrected chi connectivity index (χ4v) is 5.15. The molecule has 2 heteroatoms. The van der Waals surface area contributed by atoms with Crippen molar-refractivity contribution in [3.05, 3.63) is 18.7 Å². The molecule has 0 N–H and O–H groups in total. The summed E-state index contributed by atoms with van der Waals surface area (Å²) in [5.74, 6) is 0. The standard InChI is InChI=1S/C32H63N2/c1-3-5-7-9-11-13-14-15-16-17-18-19-21-23-25-27-29-34-31-30-33(32-34)28-26-24-22-20-12-10-8-6-4-2/h30-32H,3-29H2,1-2H3/q+1. The van der Waals surface area contributed by atoms with E-state index in [1.807, 2.05) is 0 Å². The molecule has 0 aromatic carbocycles. The highest BCUT2D eigenvalue weighted by Gasteiger charge is 2.03. The van der Waals surface area contributed by atoms with Crippen LogP contribution in [0.4, 0.5) is 0 Å². The monoisotopic (exact) mass is 475 g/mol. The number of nitrogens with zero attached hydrogens (tertiary/aromatic N) is 2. The van der Waals surface area contributed by atoms with Crippen LogP contribution in [-0.2, 0) is 13.1 Å². The van der Waals surface area contributed by atoms with Crippen LogP contribution in [0.5, 0.6) is 0 Å². The van der Waals surface area contributed by atoms with Crippen LogP contribution in [0.25, 0.3) is 0 Å². The number of unbranched alkanes of at least 4 members (excludes halogenated alkanes) is 23. The molecule has 0 amide bonds. The van der Waals surface area contributed by atoms with E-state index in [1.54, 1.807) is 0 Å². The van der Waals surface area contributed by atoms with E-state index in [4.69, 9.17) is 0 Å². The average Bonchev–Trinajstić information content (AvgIpc) is 3.30. The molecule has 0 aliphatic carbocycles. The SMILES string of the molecule is CCCCCCCCCCCCCCCCCC[n+]1ccn(CCCCCCCCCCC)c1. The Bertz CT molecular complexity index is 507. The first-order valence-corrected chi connectivity index (χ1v) is 15.9. The van der Waals surface area contributed by atoms with Crippen LogP contribution in [-0.4, -0.2) is 4.57 Å². The molecule has 0 bridgehead atoms. The van der Waals surface area contributed by atoms with Crippen molar-refractivity contribution in [3.63, 3.8) is 0 Å². The van der Waals surface area contributed by atoms with Gasteiger partial charge in [0.2, 0.25) is 6.33 Å². The largest absolute Gasteiger partial charge is 0.243 e. The molecule has 0 spiro atoms. The van der Waals surface area contributed by atoms with Gasteiger partial charge in [-0.1, -0.05) is 149 Å². The van der Waals surface area contributed by atoms with Gasteiger partial charge in [0.25, 0.3) is 0 Å². The molecule has 0 saturated carbocycles. The number of rotatable bonds is 27. The lowest BCUT2D eigenvalue weighted by molar-refractivity contribution is -0.696. The maximum atomic E-state index is 2.40. The second-order valence-electron chi connectivity index (χ2n) is 11.0. The Morgan fingerprint density at radius 1 is 0.441 bits per heavy atom. The number of hydrogen-bond acceptors (Lipinski definition) is 0. The minimum atomic E-state index is 1.20. The molecule has 200 valence electrons. The fraction of sp³-hybridized carbons (Fsp3) is 0.906. The quantitative estimate of drug-likeness (QED) is 0.0883. The minimum Gasteiger partial charge on any atom is -0.237 e. The van der Waals surface area contributed by atoms with Crippen molar-refractivity contribution in [1.29, 1.82) is 0 Å². The molecular weight excluding hydrogens is 412 g/mol. The summed E-state index contributed by atoms with van der Waals surface area (Å²) in [6.07, 6.45) is 42.7. The Labute approximate surface area is 215 Å². The van der Waals surface area contributed by atoms with E-state index in [0.717, 1.165) is 0 Å². The second kappa shape index (κ2) is 25.3. The van der Waals surface area contributed by atoms with Crippen LogP contribution in [0.2, 0.25) is 0 Å². The smallest absolute Gasteiger partial charge is 0.237 e. The van der Waals surface area contributed by atoms with Gasteiger partial charge in [0.05, 0.1) is 13.1 Å². The highest BCUT2D eigenvalue weighted by molar-refractivity contribution is 4.66. The Morgan fingerprint density at radius 2 is 0.794 bits per heavy atom. The Hall–Kier alpha value is -0.790. The van der Waals surface area contributed by atoms with Crippen LogP contribution in [0.1, 0.15) is 174 Å². The summed E-state index contributed by atoms with van der Waals surface area (Å²) in [5, 5.41) is 0. The third-order valence-corrected chi connectivity index (χ3v) is 7.54. The molecule has 0 fully saturated rings. The van der Waals surface area contributed by atoms with Crippen molar-refractivity contribution in [2.45, 2.75) is 187 Å². The maximum Gasteiger partial charge on any atom is 0.243 e. The van der Waals surface area contributed by atoms with E-state index in [9.17, 15) is 0 Å². The molecule has 1 rings (SSSR count). The highest BCUT2D eigenvalue weighted by atomic mass is 15.1. The first-order valence-electron chi connectivity index (χ1n) is 15.9. The summed E-state index contributed by atoms with van der Waals surface area (Å²) in [7, 11) is 0. The van der Waals surface area contributed by atoms with E-state index in [2.05, 4.69) is 41.7 Å². The second-order valence-corrected chi connectivity index (χ2v) is 11.0. The summed E-state index contributed by atoms with van der Waals surface area (Å²) in [6.45, 7) is 6.99. The van der Waals surface area contributed by atoms with Crippen molar-refractivity contribution < 1.29 is 4.57 Å². The van der Waals surface area contributed by atoms with Crippen LogP contribution in [0, 0.1) is 0 Å². The lowest BCUT2D eigenvalue weighted by atomic mass is 10.0. The van der Waals surface area contributed by atoms with Gasteiger partial charge in [0.15, 0.2) is 0 Å². The molecule has 2 nitrogen and oxygen atoms in total. The van der Waals surface area contributed by atoms with Gasteiger partial charge in [0.1, 0.15) is 12.4 Å². The predicted octanol–water partition coefficient (Wildman–Crippen LogP) is 10.6. The first kappa shape index (κ1) is 31.2. The normalized spacial score (nSPS) is 11.5.